The Balaban J connectivity index is 2.20. The number of pyridine rings is 1. The van der Waals surface area contributed by atoms with E-state index in [0.717, 1.165) is 36.5 Å². The van der Waals surface area contributed by atoms with Crippen molar-refractivity contribution >= 4 is 11.7 Å². The van der Waals surface area contributed by atoms with E-state index in [1.54, 1.807) is 0 Å². The fourth-order valence-corrected chi connectivity index (χ4v) is 2.68. The number of amides is 1. The number of aromatic nitrogens is 1. The number of ether oxygens (including phenoxy) is 1. The summed E-state index contributed by atoms with van der Waals surface area (Å²) >= 11 is 0. The zero-order chi connectivity index (χ0) is 17.0. The molecule has 1 aromatic rings. The van der Waals surface area contributed by atoms with E-state index in [0.29, 0.717) is 12.1 Å². The predicted molar refractivity (Wildman–Crippen MR) is 93.1 cm³/mol. The van der Waals surface area contributed by atoms with Crippen molar-refractivity contribution in [3.05, 3.63) is 22.9 Å². The summed E-state index contributed by atoms with van der Waals surface area (Å²) in [6.07, 6.45) is 2.25. The molecule has 5 nitrogen and oxygen atoms in total. The van der Waals surface area contributed by atoms with Gasteiger partial charge in [0.1, 0.15) is 5.82 Å². The average Bonchev–Trinajstić information content (AvgIpc) is 2.99. The summed E-state index contributed by atoms with van der Waals surface area (Å²) in [5.74, 6) is 1.02. The van der Waals surface area contributed by atoms with E-state index in [1.807, 2.05) is 13.0 Å². The highest BCUT2D eigenvalue weighted by molar-refractivity contribution is 5.96. The summed E-state index contributed by atoms with van der Waals surface area (Å²) in [4.78, 5) is 17.3. The lowest BCUT2D eigenvalue weighted by molar-refractivity contribution is 0.0857. The van der Waals surface area contributed by atoms with Crippen molar-refractivity contribution in [2.75, 3.05) is 18.5 Å². The number of rotatable bonds is 6. The van der Waals surface area contributed by atoms with E-state index in [-0.39, 0.29) is 24.0 Å². The number of nitrogens with one attached hydrogen (secondary N) is 2. The SMILES string of the molecule is Cc1c(C(=O)NCC2CCCO2)cc(C(C)C)nc1NC(C)C. The number of anilines is 1. The standard InChI is InChI=1S/C18H29N3O2/c1-11(2)16-9-15(13(5)17(21-16)20-12(3)4)18(22)19-10-14-7-6-8-23-14/h9,11-12,14H,6-8,10H2,1-5H3,(H,19,22)(H,20,21). The third-order valence-electron chi connectivity index (χ3n) is 4.07. The molecule has 0 aromatic carbocycles. The summed E-state index contributed by atoms with van der Waals surface area (Å²) in [5, 5.41) is 6.35. The average molecular weight is 319 g/mol. The number of carbonyl (C=O) groups is 1. The molecule has 0 spiro atoms. The second kappa shape index (κ2) is 7.77. The van der Waals surface area contributed by atoms with Crippen molar-refractivity contribution in [2.45, 2.75) is 65.5 Å². The van der Waals surface area contributed by atoms with E-state index in [1.165, 1.54) is 0 Å². The fourth-order valence-electron chi connectivity index (χ4n) is 2.68. The maximum Gasteiger partial charge on any atom is 0.251 e. The molecule has 2 N–H and O–H groups in total. The molecule has 1 atom stereocenters. The molecule has 1 aromatic heterocycles. The monoisotopic (exact) mass is 319 g/mol. The lowest BCUT2D eigenvalue weighted by atomic mass is 10.0. The van der Waals surface area contributed by atoms with Crippen LogP contribution in [0.25, 0.3) is 0 Å². The normalized spacial score (nSPS) is 17.8. The van der Waals surface area contributed by atoms with Crippen LogP contribution in [0.4, 0.5) is 5.82 Å². The van der Waals surface area contributed by atoms with E-state index in [2.05, 4.69) is 43.3 Å². The first-order valence-corrected chi connectivity index (χ1v) is 8.56. The lowest BCUT2D eigenvalue weighted by Gasteiger charge is -2.18. The van der Waals surface area contributed by atoms with E-state index >= 15 is 0 Å². The van der Waals surface area contributed by atoms with E-state index in [4.69, 9.17) is 4.74 Å². The van der Waals surface area contributed by atoms with Crippen LogP contribution in [0.15, 0.2) is 6.07 Å². The van der Waals surface area contributed by atoms with Crippen molar-refractivity contribution in [1.29, 1.82) is 0 Å². The van der Waals surface area contributed by atoms with Gasteiger partial charge in [-0.05, 0) is 45.6 Å². The molecule has 1 aliphatic rings. The van der Waals surface area contributed by atoms with Crippen molar-refractivity contribution < 1.29 is 9.53 Å². The summed E-state index contributed by atoms with van der Waals surface area (Å²) < 4.78 is 5.57. The smallest absolute Gasteiger partial charge is 0.251 e. The molecule has 1 fully saturated rings. The van der Waals surface area contributed by atoms with Crippen molar-refractivity contribution in [3.63, 3.8) is 0 Å². The van der Waals surface area contributed by atoms with Crippen LogP contribution in [0.5, 0.6) is 0 Å². The van der Waals surface area contributed by atoms with Crippen molar-refractivity contribution in [2.24, 2.45) is 0 Å². The van der Waals surface area contributed by atoms with Gasteiger partial charge in [-0.25, -0.2) is 4.98 Å². The van der Waals surface area contributed by atoms with Gasteiger partial charge in [0.05, 0.1) is 6.10 Å². The molecule has 5 heteroatoms. The number of hydrogen-bond donors (Lipinski definition) is 2. The second-order valence-corrected chi connectivity index (χ2v) is 6.87. The molecule has 1 amide bonds. The zero-order valence-corrected chi connectivity index (χ0v) is 14.9. The minimum absolute atomic E-state index is 0.0471. The Morgan fingerprint density at radius 1 is 1.39 bits per heavy atom. The predicted octanol–water partition coefficient (Wildman–Crippen LogP) is 3.24. The van der Waals surface area contributed by atoms with Gasteiger partial charge in [-0.2, -0.15) is 0 Å². The van der Waals surface area contributed by atoms with Crippen LogP contribution in [0.2, 0.25) is 0 Å². The molecule has 1 saturated heterocycles. The summed E-state index contributed by atoms with van der Waals surface area (Å²) in [6, 6.07) is 2.18. The molecule has 2 heterocycles. The Morgan fingerprint density at radius 3 is 2.70 bits per heavy atom. The Labute approximate surface area is 139 Å². The van der Waals surface area contributed by atoms with Crippen molar-refractivity contribution in [1.82, 2.24) is 10.3 Å². The summed E-state index contributed by atoms with van der Waals surface area (Å²) in [7, 11) is 0. The first kappa shape index (κ1) is 17.7. The van der Waals surface area contributed by atoms with Crippen LogP contribution in [0.1, 0.15) is 68.1 Å². The fraction of sp³-hybridized carbons (Fsp3) is 0.667. The van der Waals surface area contributed by atoms with Crippen LogP contribution >= 0.6 is 0 Å². The Bertz CT molecular complexity index is 549. The Hall–Kier alpha value is -1.62. The highest BCUT2D eigenvalue weighted by Gasteiger charge is 2.20. The quantitative estimate of drug-likeness (QED) is 0.845. The molecule has 23 heavy (non-hydrogen) atoms. The first-order chi connectivity index (χ1) is 10.9. The molecule has 0 bridgehead atoms. The Morgan fingerprint density at radius 2 is 2.13 bits per heavy atom. The highest BCUT2D eigenvalue weighted by atomic mass is 16.5. The van der Waals surface area contributed by atoms with Gasteiger partial charge in [-0.3, -0.25) is 4.79 Å². The van der Waals surface area contributed by atoms with Gasteiger partial charge < -0.3 is 15.4 Å². The molecular formula is C18H29N3O2. The number of nitrogens with zero attached hydrogens (tertiary/aromatic N) is 1. The maximum atomic E-state index is 12.6. The Kier molecular flexibility index (Phi) is 5.99. The molecule has 0 radical (unpaired) electrons. The molecule has 0 saturated carbocycles. The van der Waals surface area contributed by atoms with Gasteiger partial charge in [-0.15, -0.1) is 0 Å². The summed E-state index contributed by atoms with van der Waals surface area (Å²) in [6.45, 7) is 11.6. The van der Waals surface area contributed by atoms with Gasteiger partial charge in [0.15, 0.2) is 0 Å². The molecule has 1 unspecified atom stereocenters. The topological polar surface area (TPSA) is 63.2 Å². The van der Waals surface area contributed by atoms with Crippen LogP contribution < -0.4 is 10.6 Å². The third kappa shape index (κ3) is 4.67. The second-order valence-electron chi connectivity index (χ2n) is 6.87. The minimum Gasteiger partial charge on any atom is -0.376 e. The molecule has 1 aliphatic heterocycles. The number of hydrogen-bond acceptors (Lipinski definition) is 4. The van der Waals surface area contributed by atoms with Crippen LogP contribution in [-0.2, 0) is 4.74 Å². The van der Waals surface area contributed by atoms with Gasteiger partial charge in [-0.1, -0.05) is 13.8 Å². The molecule has 2 rings (SSSR count). The third-order valence-corrected chi connectivity index (χ3v) is 4.07. The minimum atomic E-state index is -0.0471. The zero-order valence-electron chi connectivity index (χ0n) is 14.9. The van der Waals surface area contributed by atoms with Crippen LogP contribution in [0, 0.1) is 6.92 Å². The van der Waals surface area contributed by atoms with Gasteiger partial charge in [0.25, 0.3) is 5.91 Å². The molecular weight excluding hydrogens is 290 g/mol. The van der Waals surface area contributed by atoms with Crippen LogP contribution in [-0.4, -0.2) is 36.2 Å². The maximum absolute atomic E-state index is 12.6. The highest BCUT2D eigenvalue weighted by Crippen LogP contribution is 2.23. The molecule has 0 aliphatic carbocycles. The largest absolute Gasteiger partial charge is 0.376 e. The van der Waals surface area contributed by atoms with Gasteiger partial charge in [0.2, 0.25) is 0 Å². The first-order valence-electron chi connectivity index (χ1n) is 8.56. The van der Waals surface area contributed by atoms with Gasteiger partial charge >= 0.3 is 0 Å². The number of carbonyl (C=O) groups excluding carboxylic acids is 1. The van der Waals surface area contributed by atoms with E-state index < -0.39 is 0 Å². The van der Waals surface area contributed by atoms with Crippen LogP contribution in [0.3, 0.4) is 0 Å². The van der Waals surface area contributed by atoms with E-state index in [9.17, 15) is 4.79 Å². The molecule has 128 valence electrons. The lowest BCUT2D eigenvalue weighted by Crippen LogP contribution is -2.32. The summed E-state index contributed by atoms with van der Waals surface area (Å²) in [5.41, 5.74) is 2.53. The van der Waals surface area contributed by atoms with Gasteiger partial charge in [0, 0.05) is 36.0 Å². The van der Waals surface area contributed by atoms with Crippen molar-refractivity contribution in [3.8, 4) is 0 Å².